The number of hydrogen-bond donors (Lipinski definition) is 1. The van der Waals surface area contributed by atoms with E-state index in [0.29, 0.717) is 11.6 Å². The van der Waals surface area contributed by atoms with Gasteiger partial charge in [0.2, 0.25) is 5.91 Å². The Morgan fingerprint density at radius 2 is 2.19 bits per heavy atom. The van der Waals surface area contributed by atoms with Gasteiger partial charge in [0.05, 0.1) is 6.61 Å². The lowest BCUT2D eigenvalue weighted by Crippen LogP contribution is -2.39. The summed E-state index contributed by atoms with van der Waals surface area (Å²) in [4.78, 5) is 14.1. The van der Waals surface area contributed by atoms with E-state index in [9.17, 15) is 4.79 Å². The van der Waals surface area contributed by atoms with E-state index < -0.39 is 0 Å². The first-order valence-electron chi connectivity index (χ1n) is 7.51. The third kappa shape index (κ3) is 5.21. The van der Waals surface area contributed by atoms with Gasteiger partial charge in [0, 0.05) is 24.5 Å². The predicted octanol–water partition coefficient (Wildman–Crippen LogP) is 2.57. The van der Waals surface area contributed by atoms with Gasteiger partial charge in [0.1, 0.15) is 5.75 Å². The van der Waals surface area contributed by atoms with Crippen LogP contribution in [0.2, 0.25) is 5.02 Å². The molecule has 1 aromatic rings. The molecule has 2 rings (SSSR count). The number of rotatable bonds is 6. The number of carbonyl (C=O) groups is 1. The number of amides is 1. The molecule has 5 heteroatoms. The molecule has 0 aliphatic carbocycles. The molecule has 1 heterocycles. The molecular weight excluding hydrogens is 288 g/mol. The zero-order chi connectivity index (χ0) is 15.1. The van der Waals surface area contributed by atoms with Crippen LogP contribution in [0, 0.1) is 5.92 Å². The molecule has 116 valence electrons. The van der Waals surface area contributed by atoms with E-state index in [2.05, 4.69) is 5.32 Å². The quantitative estimate of drug-likeness (QED) is 0.821. The Hall–Kier alpha value is -1.26. The minimum absolute atomic E-state index is 0.185. The van der Waals surface area contributed by atoms with Gasteiger partial charge in [-0.2, -0.15) is 0 Å². The fourth-order valence-corrected chi connectivity index (χ4v) is 2.72. The summed E-state index contributed by atoms with van der Waals surface area (Å²) in [7, 11) is 1.88. The van der Waals surface area contributed by atoms with Crippen LogP contribution < -0.4 is 10.1 Å². The molecule has 1 fully saturated rings. The fraction of sp³-hybridized carbons (Fsp3) is 0.562. The molecule has 1 amide bonds. The molecule has 0 bridgehead atoms. The van der Waals surface area contributed by atoms with Crippen molar-refractivity contribution in [3.8, 4) is 5.75 Å². The molecule has 0 unspecified atom stereocenters. The lowest BCUT2D eigenvalue weighted by atomic mass is 9.97. The van der Waals surface area contributed by atoms with Crippen molar-refractivity contribution in [1.29, 1.82) is 0 Å². The number of carbonyl (C=O) groups excluding carboxylic acids is 1. The smallest absolute Gasteiger partial charge is 0.225 e. The Kier molecular flexibility index (Phi) is 6.33. The zero-order valence-electron chi connectivity index (χ0n) is 12.5. The molecule has 1 saturated heterocycles. The first-order valence-corrected chi connectivity index (χ1v) is 7.88. The molecule has 4 nitrogen and oxygen atoms in total. The Morgan fingerprint density at radius 3 is 2.90 bits per heavy atom. The molecule has 0 saturated carbocycles. The van der Waals surface area contributed by atoms with E-state index in [0.717, 1.165) is 44.6 Å². The van der Waals surface area contributed by atoms with E-state index in [-0.39, 0.29) is 11.8 Å². The van der Waals surface area contributed by atoms with Gasteiger partial charge in [0.15, 0.2) is 0 Å². The van der Waals surface area contributed by atoms with Crippen molar-refractivity contribution in [2.75, 3.05) is 33.3 Å². The predicted molar refractivity (Wildman–Crippen MR) is 84.8 cm³/mol. The van der Waals surface area contributed by atoms with Crippen LogP contribution in [-0.4, -0.2) is 44.1 Å². The summed E-state index contributed by atoms with van der Waals surface area (Å²) in [5.74, 6) is 1.22. The van der Waals surface area contributed by atoms with Crippen molar-refractivity contribution in [3.63, 3.8) is 0 Å². The van der Waals surface area contributed by atoms with Gasteiger partial charge in [-0.1, -0.05) is 17.7 Å². The lowest BCUT2D eigenvalue weighted by Gasteiger charge is -2.26. The van der Waals surface area contributed by atoms with Gasteiger partial charge < -0.3 is 15.0 Å². The summed E-state index contributed by atoms with van der Waals surface area (Å²) >= 11 is 5.90. The molecule has 1 aromatic carbocycles. The second-order valence-electron chi connectivity index (χ2n) is 5.44. The van der Waals surface area contributed by atoms with Crippen LogP contribution in [0.4, 0.5) is 0 Å². The topological polar surface area (TPSA) is 41.6 Å². The number of hydrogen-bond acceptors (Lipinski definition) is 3. The number of piperidine rings is 1. The highest BCUT2D eigenvalue weighted by atomic mass is 35.5. The third-order valence-corrected chi connectivity index (χ3v) is 4.00. The van der Waals surface area contributed by atoms with Crippen molar-refractivity contribution in [2.45, 2.75) is 19.3 Å². The van der Waals surface area contributed by atoms with Crippen molar-refractivity contribution in [3.05, 3.63) is 29.3 Å². The van der Waals surface area contributed by atoms with Crippen molar-refractivity contribution < 1.29 is 9.53 Å². The molecule has 0 radical (unpaired) electrons. The largest absolute Gasteiger partial charge is 0.493 e. The summed E-state index contributed by atoms with van der Waals surface area (Å²) in [6, 6.07) is 7.37. The average Bonchev–Trinajstić information content (AvgIpc) is 2.51. The Morgan fingerprint density at radius 1 is 1.43 bits per heavy atom. The molecule has 1 aliphatic heterocycles. The summed E-state index contributed by atoms with van der Waals surface area (Å²) in [5, 5.41) is 3.95. The van der Waals surface area contributed by atoms with Crippen LogP contribution in [0.5, 0.6) is 5.75 Å². The molecule has 0 atom stereocenters. The van der Waals surface area contributed by atoms with Crippen LogP contribution in [-0.2, 0) is 4.79 Å². The number of halogens is 1. The normalized spacial score (nSPS) is 15.7. The van der Waals surface area contributed by atoms with E-state index in [1.54, 1.807) is 6.07 Å². The summed E-state index contributed by atoms with van der Waals surface area (Å²) in [6.07, 6.45) is 2.71. The lowest BCUT2D eigenvalue weighted by molar-refractivity contribution is -0.135. The van der Waals surface area contributed by atoms with Crippen LogP contribution in [0.3, 0.4) is 0 Å². The summed E-state index contributed by atoms with van der Waals surface area (Å²) in [5.41, 5.74) is 0. The second kappa shape index (κ2) is 8.25. The maximum Gasteiger partial charge on any atom is 0.225 e. The van der Waals surface area contributed by atoms with Gasteiger partial charge in [-0.25, -0.2) is 0 Å². The van der Waals surface area contributed by atoms with Crippen LogP contribution in [0.1, 0.15) is 19.3 Å². The molecule has 0 aromatic heterocycles. The van der Waals surface area contributed by atoms with E-state index in [1.165, 1.54) is 0 Å². The molecule has 21 heavy (non-hydrogen) atoms. The zero-order valence-corrected chi connectivity index (χ0v) is 13.2. The van der Waals surface area contributed by atoms with Gasteiger partial charge in [-0.05, 0) is 50.6 Å². The van der Waals surface area contributed by atoms with Crippen molar-refractivity contribution in [2.24, 2.45) is 5.92 Å². The highest BCUT2D eigenvalue weighted by Gasteiger charge is 2.23. The van der Waals surface area contributed by atoms with Gasteiger partial charge in [0.25, 0.3) is 0 Å². The molecule has 1 aliphatic rings. The standard InChI is InChI=1S/C16H23ClN2O2/c1-19(16(20)13-6-8-18-9-7-13)10-3-11-21-15-5-2-4-14(17)12-15/h2,4-5,12-13,18H,3,6-11H2,1H3. The second-order valence-corrected chi connectivity index (χ2v) is 5.88. The average molecular weight is 311 g/mol. The SMILES string of the molecule is CN(CCCOc1cccc(Cl)c1)C(=O)C1CCNCC1. The molecule has 1 N–H and O–H groups in total. The number of benzene rings is 1. The van der Waals surface area contributed by atoms with Crippen molar-refractivity contribution >= 4 is 17.5 Å². The first kappa shape index (κ1) is 16.1. The fourth-order valence-electron chi connectivity index (χ4n) is 2.54. The Labute approximate surface area is 131 Å². The Bertz CT molecular complexity index is 461. The minimum Gasteiger partial charge on any atom is -0.493 e. The van der Waals surface area contributed by atoms with Gasteiger partial charge in [-0.15, -0.1) is 0 Å². The van der Waals surface area contributed by atoms with Crippen LogP contribution in [0.25, 0.3) is 0 Å². The molecular formula is C16H23ClN2O2. The molecule has 0 spiro atoms. The van der Waals surface area contributed by atoms with Gasteiger partial charge >= 0.3 is 0 Å². The highest BCUT2D eigenvalue weighted by Crippen LogP contribution is 2.17. The maximum absolute atomic E-state index is 12.2. The first-order chi connectivity index (χ1) is 10.2. The van der Waals surface area contributed by atoms with E-state index >= 15 is 0 Å². The summed E-state index contributed by atoms with van der Waals surface area (Å²) < 4.78 is 5.63. The van der Waals surface area contributed by atoms with Crippen LogP contribution >= 0.6 is 11.6 Å². The highest BCUT2D eigenvalue weighted by molar-refractivity contribution is 6.30. The van der Waals surface area contributed by atoms with E-state index in [1.807, 2.05) is 30.1 Å². The van der Waals surface area contributed by atoms with Gasteiger partial charge in [-0.3, -0.25) is 4.79 Å². The number of nitrogens with zero attached hydrogens (tertiary/aromatic N) is 1. The maximum atomic E-state index is 12.2. The summed E-state index contributed by atoms with van der Waals surface area (Å²) in [6.45, 7) is 3.21. The number of nitrogens with one attached hydrogen (secondary N) is 1. The van der Waals surface area contributed by atoms with Crippen molar-refractivity contribution in [1.82, 2.24) is 10.2 Å². The Balaban J connectivity index is 1.66. The van der Waals surface area contributed by atoms with Crippen LogP contribution in [0.15, 0.2) is 24.3 Å². The minimum atomic E-state index is 0.185. The monoisotopic (exact) mass is 310 g/mol. The number of ether oxygens (including phenoxy) is 1. The third-order valence-electron chi connectivity index (χ3n) is 3.77. The van der Waals surface area contributed by atoms with E-state index in [4.69, 9.17) is 16.3 Å².